The Balaban J connectivity index is 1.81. The maximum absolute atomic E-state index is 13.6. The summed E-state index contributed by atoms with van der Waals surface area (Å²) in [6.45, 7) is 6.36. The molecule has 2 heterocycles. The summed E-state index contributed by atoms with van der Waals surface area (Å²) in [5.41, 5.74) is 1.39. The highest BCUT2D eigenvalue weighted by Gasteiger charge is 2.25. The number of rotatable bonds is 6. The Morgan fingerprint density at radius 1 is 1.00 bits per heavy atom. The van der Waals surface area contributed by atoms with Crippen LogP contribution < -0.4 is 0 Å². The lowest BCUT2D eigenvalue weighted by atomic mass is 10.2. The number of hydrogen-bond donors (Lipinski definition) is 0. The van der Waals surface area contributed by atoms with Crippen molar-refractivity contribution in [2.75, 3.05) is 39.0 Å². The van der Waals surface area contributed by atoms with Gasteiger partial charge in [0.25, 0.3) is 10.0 Å². The zero-order valence-electron chi connectivity index (χ0n) is 17.2. The molecule has 160 valence electrons. The third kappa shape index (κ3) is 4.27. The molecule has 0 N–H and O–H groups in total. The van der Waals surface area contributed by atoms with Crippen LogP contribution in [0.1, 0.15) is 12.6 Å². The van der Waals surface area contributed by atoms with Gasteiger partial charge in [-0.2, -0.15) is 0 Å². The van der Waals surface area contributed by atoms with E-state index in [2.05, 4.69) is 23.8 Å². The number of hydrogen-bond acceptors (Lipinski definition) is 5. The molecular weight excluding hydrogens is 421 g/mol. The predicted octanol–water partition coefficient (Wildman–Crippen LogP) is 3.88. The number of piperazine rings is 1. The molecule has 1 aliphatic rings. The van der Waals surface area contributed by atoms with Gasteiger partial charge >= 0.3 is 0 Å². The van der Waals surface area contributed by atoms with Crippen LogP contribution in [0.15, 0.2) is 58.3 Å². The van der Waals surface area contributed by atoms with E-state index in [1.54, 1.807) is 11.8 Å². The Morgan fingerprint density at radius 3 is 2.37 bits per heavy atom. The van der Waals surface area contributed by atoms with Crippen LogP contribution >= 0.6 is 11.8 Å². The van der Waals surface area contributed by atoms with Gasteiger partial charge in [0.05, 0.1) is 10.4 Å². The molecule has 30 heavy (non-hydrogen) atoms. The Hall–Kier alpha value is -1.87. The molecule has 0 aliphatic carbocycles. The standard InChI is InChI=1S/C22H26FN3O2S2/c1-3-29-20-6-9-22-17(15-20)14-19(16-25-12-10-24(2)11-13-25)26(22)30(27,28)21-7-4-18(23)5-8-21/h4-9,14-15H,3,10-13,16H2,1-2H3. The van der Waals surface area contributed by atoms with Crippen LogP contribution in [0.2, 0.25) is 0 Å². The van der Waals surface area contributed by atoms with Gasteiger partial charge in [-0.25, -0.2) is 16.8 Å². The molecule has 1 fully saturated rings. The first-order chi connectivity index (χ1) is 14.4. The first-order valence-corrected chi connectivity index (χ1v) is 12.5. The second-order valence-electron chi connectivity index (χ2n) is 7.59. The summed E-state index contributed by atoms with van der Waals surface area (Å²) >= 11 is 1.73. The summed E-state index contributed by atoms with van der Waals surface area (Å²) in [6, 6.07) is 12.9. The van der Waals surface area contributed by atoms with Crippen molar-refractivity contribution in [3.8, 4) is 0 Å². The molecule has 4 rings (SSSR count). The molecule has 2 aromatic carbocycles. The van der Waals surface area contributed by atoms with Gasteiger partial charge in [0.15, 0.2) is 0 Å². The molecule has 1 aliphatic heterocycles. The highest BCUT2D eigenvalue weighted by Crippen LogP contribution is 2.30. The maximum atomic E-state index is 13.6. The molecule has 0 saturated carbocycles. The van der Waals surface area contributed by atoms with Gasteiger partial charge in [-0.15, -0.1) is 11.8 Å². The largest absolute Gasteiger partial charge is 0.304 e. The van der Waals surface area contributed by atoms with Crippen LogP contribution in [0, 0.1) is 5.82 Å². The summed E-state index contributed by atoms with van der Waals surface area (Å²) in [5.74, 6) is 0.499. The molecule has 0 bridgehead atoms. The first kappa shape index (κ1) is 21.4. The molecule has 8 heteroatoms. The molecular formula is C22H26FN3O2S2. The number of halogens is 1. The Kier molecular flexibility index (Phi) is 6.20. The van der Waals surface area contributed by atoms with E-state index < -0.39 is 15.8 Å². The van der Waals surface area contributed by atoms with Crippen molar-refractivity contribution in [3.05, 3.63) is 60.0 Å². The highest BCUT2D eigenvalue weighted by molar-refractivity contribution is 7.99. The topological polar surface area (TPSA) is 45.5 Å². The lowest BCUT2D eigenvalue weighted by molar-refractivity contribution is 0.147. The predicted molar refractivity (Wildman–Crippen MR) is 120 cm³/mol. The summed E-state index contributed by atoms with van der Waals surface area (Å²) in [7, 11) is -1.75. The summed E-state index contributed by atoms with van der Waals surface area (Å²) < 4.78 is 41.9. The molecule has 5 nitrogen and oxygen atoms in total. The van der Waals surface area contributed by atoms with Gasteiger partial charge in [-0.1, -0.05) is 6.92 Å². The van der Waals surface area contributed by atoms with Crippen LogP contribution in [0.3, 0.4) is 0 Å². The zero-order chi connectivity index (χ0) is 21.3. The SMILES string of the molecule is CCSc1ccc2c(c1)cc(CN1CCN(C)CC1)n2S(=O)(=O)c1ccc(F)cc1. The van der Waals surface area contributed by atoms with Crippen molar-refractivity contribution in [1.29, 1.82) is 0 Å². The fraction of sp³-hybridized carbons (Fsp3) is 0.364. The van der Waals surface area contributed by atoms with E-state index in [4.69, 9.17) is 0 Å². The Morgan fingerprint density at radius 2 is 1.70 bits per heavy atom. The number of likely N-dealkylation sites (N-methyl/N-ethyl adjacent to an activating group) is 1. The van der Waals surface area contributed by atoms with E-state index >= 15 is 0 Å². The Labute approximate surface area is 181 Å². The maximum Gasteiger partial charge on any atom is 0.268 e. The highest BCUT2D eigenvalue weighted by atomic mass is 32.2. The molecule has 3 aromatic rings. The van der Waals surface area contributed by atoms with E-state index in [0.717, 1.165) is 47.9 Å². The van der Waals surface area contributed by atoms with Gasteiger partial charge < -0.3 is 4.90 Å². The van der Waals surface area contributed by atoms with Gasteiger partial charge in [0.1, 0.15) is 5.82 Å². The molecule has 1 saturated heterocycles. The van der Waals surface area contributed by atoms with Crippen molar-refractivity contribution < 1.29 is 12.8 Å². The smallest absolute Gasteiger partial charge is 0.268 e. The third-order valence-corrected chi connectivity index (χ3v) is 8.10. The van der Waals surface area contributed by atoms with Crippen molar-refractivity contribution >= 4 is 32.7 Å². The van der Waals surface area contributed by atoms with Crippen LogP contribution in [-0.2, 0) is 16.6 Å². The minimum atomic E-state index is -3.85. The quantitative estimate of drug-likeness (QED) is 0.537. The summed E-state index contributed by atoms with van der Waals surface area (Å²) in [5, 5.41) is 0.906. The number of fused-ring (bicyclic) bond motifs is 1. The van der Waals surface area contributed by atoms with Gasteiger partial charge in [0, 0.05) is 48.7 Å². The molecule has 0 spiro atoms. The summed E-state index contributed by atoms with van der Waals surface area (Å²) in [6.07, 6.45) is 0. The van der Waals surface area contributed by atoms with Crippen molar-refractivity contribution in [1.82, 2.24) is 13.8 Å². The zero-order valence-corrected chi connectivity index (χ0v) is 18.8. The molecule has 0 radical (unpaired) electrons. The summed E-state index contributed by atoms with van der Waals surface area (Å²) in [4.78, 5) is 5.77. The average molecular weight is 448 g/mol. The van der Waals surface area contributed by atoms with E-state index in [1.807, 2.05) is 24.3 Å². The van der Waals surface area contributed by atoms with Crippen molar-refractivity contribution in [2.45, 2.75) is 23.3 Å². The van der Waals surface area contributed by atoms with E-state index in [1.165, 1.54) is 28.2 Å². The number of benzene rings is 2. The van der Waals surface area contributed by atoms with Gasteiger partial charge in [-0.3, -0.25) is 4.90 Å². The third-order valence-electron chi connectivity index (χ3n) is 5.45. The van der Waals surface area contributed by atoms with Crippen molar-refractivity contribution in [3.63, 3.8) is 0 Å². The van der Waals surface area contributed by atoms with Crippen LogP contribution in [0.5, 0.6) is 0 Å². The number of aromatic nitrogens is 1. The first-order valence-electron chi connectivity index (χ1n) is 10.1. The molecule has 0 atom stereocenters. The van der Waals surface area contributed by atoms with E-state index in [-0.39, 0.29) is 4.90 Å². The lowest BCUT2D eigenvalue weighted by Crippen LogP contribution is -2.44. The van der Waals surface area contributed by atoms with Crippen LogP contribution in [0.25, 0.3) is 10.9 Å². The minimum absolute atomic E-state index is 0.0908. The minimum Gasteiger partial charge on any atom is -0.304 e. The van der Waals surface area contributed by atoms with Gasteiger partial charge in [-0.05, 0) is 61.3 Å². The second-order valence-corrected chi connectivity index (χ2v) is 10.7. The second kappa shape index (κ2) is 8.70. The molecule has 0 amide bonds. The Bertz CT molecular complexity index is 1140. The number of thioether (sulfide) groups is 1. The fourth-order valence-electron chi connectivity index (χ4n) is 3.82. The van der Waals surface area contributed by atoms with E-state index in [9.17, 15) is 12.8 Å². The molecule has 1 aromatic heterocycles. The monoisotopic (exact) mass is 447 g/mol. The van der Waals surface area contributed by atoms with Gasteiger partial charge in [0.2, 0.25) is 0 Å². The van der Waals surface area contributed by atoms with Crippen LogP contribution in [-0.4, -0.2) is 61.2 Å². The van der Waals surface area contributed by atoms with Crippen molar-refractivity contribution in [2.24, 2.45) is 0 Å². The number of nitrogens with zero attached hydrogens (tertiary/aromatic N) is 3. The van der Waals surface area contributed by atoms with Crippen LogP contribution in [0.4, 0.5) is 4.39 Å². The fourth-order valence-corrected chi connectivity index (χ4v) is 6.07. The molecule has 0 unspecified atom stereocenters. The van der Waals surface area contributed by atoms with E-state index in [0.29, 0.717) is 12.1 Å². The lowest BCUT2D eigenvalue weighted by Gasteiger charge is -2.32. The average Bonchev–Trinajstić information content (AvgIpc) is 3.08. The normalized spacial score (nSPS) is 16.4.